The topological polar surface area (TPSA) is 44.1 Å². The fraction of sp³-hybridized carbons (Fsp3) is 0.867. The van der Waals surface area contributed by atoms with Gasteiger partial charge < -0.3 is 4.90 Å². The summed E-state index contributed by atoms with van der Waals surface area (Å²) in [5, 5.41) is 9.08. The van der Waals surface area contributed by atoms with Gasteiger partial charge in [-0.15, -0.1) is 0 Å². The number of likely N-dealkylation sites (tertiary alicyclic amines) is 1. The van der Waals surface area contributed by atoms with E-state index in [0.29, 0.717) is 11.8 Å². The Hall–Kier alpha value is -1.04. The number of carbonyl (C=O) groups excluding carboxylic acids is 1. The van der Waals surface area contributed by atoms with Gasteiger partial charge in [-0.25, -0.2) is 0 Å². The first-order valence-electron chi connectivity index (χ1n) is 6.84. The Morgan fingerprint density at radius 3 is 2.17 bits per heavy atom. The van der Waals surface area contributed by atoms with Crippen LogP contribution in [0, 0.1) is 34.0 Å². The molecule has 0 saturated carbocycles. The molecule has 3 nitrogen and oxygen atoms in total. The average molecular weight is 250 g/mol. The lowest BCUT2D eigenvalue weighted by Crippen LogP contribution is -2.39. The number of nitriles is 1. The van der Waals surface area contributed by atoms with Crippen molar-refractivity contribution in [3.05, 3.63) is 0 Å². The van der Waals surface area contributed by atoms with Gasteiger partial charge in [0.2, 0.25) is 5.91 Å². The zero-order chi connectivity index (χ0) is 14.1. The number of hydrogen-bond donors (Lipinski definition) is 0. The van der Waals surface area contributed by atoms with Crippen LogP contribution in [0.25, 0.3) is 0 Å². The molecule has 2 atom stereocenters. The summed E-state index contributed by atoms with van der Waals surface area (Å²) < 4.78 is 0. The van der Waals surface area contributed by atoms with Crippen LogP contribution in [0.1, 0.15) is 48.0 Å². The van der Waals surface area contributed by atoms with Crippen LogP contribution in [0.15, 0.2) is 0 Å². The summed E-state index contributed by atoms with van der Waals surface area (Å²) in [7, 11) is 0. The minimum absolute atomic E-state index is 0.0183. The molecule has 0 N–H and O–H groups in total. The van der Waals surface area contributed by atoms with E-state index in [1.165, 1.54) is 0 Å². The van der Waals surface area contributed by atoms with E-state index in [2.05, 4.69) is 33.8 Å². The molecule has 1 aliphatic heterocycles. The van der Waals surface area contributed by atoms with Crippen molar-refractivity contribution >= 4 is 5.91 Å². The molecule has 2 unspecified atom stereocenters. The largest absolute Gasteiger partial charge is 0.341 e. The molecule has 1 rings (SSSR count). The van der Waals surface area contributed by atoms with Gasteiger partial charge in [0, 0.05) is 13.1 Å². The maximum atomic E-state index is 12.3. The molecule has 3 heteroatoms. The summed E-state index contributed by atoms with van der Waals surface area (Å²) in [4.78, 5) is 14.2. The molecule has 0 aromatic rings. The molecule has 0 aromatic heterocycles. The number of carbonyl (C=O) groups is 1. The molecular weight excluding hydrogens is 224 g/mol. The van der Waals surface area contributed by atoms with Gasteiger partial charge in [0.15, 0.2) is 0 Å². The minimum Gasteiger partial charge on any atom is -0.341 e. The van der Waals surface area contributed by atoms with Crippen LogP contribution in [0.5, 0.6) is 0 Å². The van der Waals surface area contributed by atoms with E-state index in [4.69, 9.17) is 5.26 Å². The van der Waals surface area contributed by atoms with Gasteiger partial charge in [-0.05, 0) is 31.1 Å². The molecule has 0 bridgehead atoms. The normalized spacial score (nSPS) is 25.1. The molecule has 1 aliphatic rings. The van der Waals surface area contributed by atoms with Crippen LogP contribution in [-0.2, 0) is 4.79 Å². The summed E-state index contributed by atoms with van der Waals surface area (Å²) in [6.07, 6.45) is 1.10. The van der Waals surface area contributed by atoms with Gasteiger partial charge in [0.25, 0.3) is 0 Å². The molecule has 1 amide bonds. The highest BCUT2D eigenvalue weighted by molar-refractivity contribution is 5.84. The van der Waals surface area contributed by atoms with Crippen molar-refractivity contribution in [2.45, 2.75) is 48.0 Å². The highest BCUT2D eigenvalue weighted by atomic mass is 16.2. The maximum Gasteiger partial charge on any atom is 0.242 e. The predicted molar refractivity (Wildman–Crippen MR) is 72.7 cm³/mol. The molecule has 1 fully saturated rings. The molecular formula is C15H26N2O. The van der Waals surface area contributed by atoms with Gasteiger partial charge >= 0.3 is 0 Å². The molecule has 18 heavy (non-hydrogen) atoms. The summed E-state index contributed by atoms with van der Waals surface area (Å²) >= 11 is 0. The van der Waals surface area contributed by atoms with Crippen LogP contribution >= 0.6 is 0 Å². The summed E-state index contributed by atoms with van der Waals surface area (Å²) in [6.45, 7) is 13.9. The molecule has 0 aliphatic carbocycles. The fourth-order valence-corrected chi connectivity index (χ4v) is 2.87. The van der Waals surface area contributed by atoms with Crippen molar-refractivity contribution < 1.29 is 4.79 Å². The van der Waals surface area contributed by atoms with E-state index in [0.717, 1.165) is 19.5 Å². The first-order chi connectivity index (χ1) is 8.13. The van der Waals surface area contributed by atoms with Crippen LogP contribution in [-0.4, -0.2) is 23.9 Å². The van der Waals surface area contributed by atoms with Crippen LogP contribution < -0.4 is 0 Å². The number of amides is 1. The van der Waals surface area contributed by atoms with Crippen molar-refractivity contribution in [3.63, 3.8) is 0 Å². The Balaban J connectivity index is 2.86. The van der Waals surface area contributed by atoms with Crippen LogP contribution in [0.2, 0.25) is 0 Å². The summed E-state index contributed by atoms with van der Waals surface area (Å²) in [5.74, 6) is 1.07. The Morgan fingerprint density at radius 2 is 1.83 bits per heavy atom. The number of hydrogen-bond acceptors (Lipinski definition) is 2. The van der Waals surface area contributed by atoms with Gasteiger partial charge in [0.05, 0.1) is 6.07 Å². The third-order valence-electron chi connectivity index (χ3n) is 4.18. The van der Waals surface area contributed by atoms with E-state index >= 15 is 0 Å². The van der Waals surface area contributed by atoms with Crippen molar-refractivity contribution in [3.8, 4) is 6.07 Å². The lowest BCUT2D eigenvalue weighted by molar-refractivity contribution is -0.136. The van der Waals surface area contributed by atoms with E-state index in [-0.39, 0.29) is 11.3 Å². The summed E-state index contributed by atoms with van der Waals surface area (Å²) in [5.41, 5.74) is -0.683. The van der Waals surface area contributed by atoms with Crippen LogP contribution in [0.4, 0.5) is 0 Å². The SMILES string of the molecule is CCC1CN(C(=O)C(C)(C)C#N)CC1C(C)(C)C. The third-order valence-corrected chi connectivity index (χ3v) is 4.18. The molecule has 0 radical (unpaired) electrons. The first-order valence-corrected chi connectivity index (χ1v) is 6.84. The monoisotopic (exact) mass is 250 g/mol. The van der Waals surface area contributed by atoms with Gasteiger partial charge in [-0.1, -0.05) is 34.1 Å². The standard InChI is InChI=1S/C15H26N2O/c1-7-11-8-17(9-12(11)14(2,3)4)13(18)15(5,6)10-16/h11-12H,7-9H2,1-6H3. The second kappa shape index (κ2) is 4.91. The predicted octanol–water partition coefficient (Wildman–Crippen LogP) is 3.07. The van der Waals surface area contributed by atoms with E-state index < -0.39 is 5.41 Å². The molecule has 0 aromatic carbocycles. The quantitative estimate of drug-likeness (QED) is 0.756. The Morgan fingerprint density at radius 1 is 1.28 bits per heavy atom. The van der Waals surface area contributed by atoms with Gasteiger partial charge in [-0.2, -0.15) is 5.26 Å². The fourth-order valence-electron chi connectivity index (χ4n) is 2.87. The lowest BCUT2D eigenvalue weighted by atomic mass is 9.74. The summed E-state index contributed by atoms with van der Waals surface area (Å²) in [6, 6.07) is 2.11. The molecule has 0 spiro atoms. The van der Waals surface area contributed by atoms with Crippen molar-refractivity contribution in [2.75, 3.05) is 13.1 Å². The Bertz CT molecular complexity index is 360. The first kappa shape index (κ1) is 15.0. The second-order valence-corrected chi connectivity index (χ2v) is 7.09. The average Bonchev–Trinajstić information content (AvgIpc) is 2.71. The van der Waals surface area contributed by atoms with Crippen LogP contribution in [0.3, 0.4) is 0 Å². The number of rotatable bonds is 2. The Kier molecular flexibility index (Phi) is 4.10. The smallest absolute Gasteiger partial charge is 0.242 e. The van der Waals surface area contributed by atoms with Crippen molar-refractivity contribution in [1.82, 2.24) is 4.90 Å². The van der Waals surface area contributed by atoms with Gasteiger partial charge in [-0.3, -0.25) is 4.79 Å². The third kappa shape index (κ3) is 2.85. The van der Waals surface area contributed by atoms with E-state index in [1.54, 1.807) is 13.8 Å². The minimum atomic E-state index is -0.898. The zero-order valence-electron chi connectivity index (χ0n) is 12.6. The van der Waals surface area contributed by atoms with Crippen molar-refractivity contribution in [2.24, 2.45) is 22.7 Å². The van der Waals surface area contributed by atoms with Gasteiger partial charge in [0.1, 0.15) is 5.41 Å². The van der Waals surface area contributed by atoms with E-state index in [9.17, 15) is 4.79 Å². The molecule has 102 valence electrons. The Labute approximate surface area is 111 Å². The second-order valence-electron chi connectivity index (χ2n) is 7.09. The highest BCUT2D eigenvalue weighted by Crippen LogP contribution is 2.40. The highest BCUT2D eigenvalue weighted by Gasteiger charge is 2.43. The molecule has 1 saturated heterocycles. The zero-order valence-corrected chi connectivity index (χ0v) is 12.6. The number of nitrogens with zero attached hydrogens (tertiary/aromatic N) is 2. The lowest BCUT2D eigenvalue weighted by Gasteiger charge is -2.31. The van der Waals surface area contributed by atoms with Crippen molar-refractivity contribution in [1.29, 1.82) is 5.26 Å². The van der Waals surface area contributed by atoms with E-state index in [1.807, 2.05) is 4.90 Å². The maximum absolute atomic E-state index is 12.3. The molecule has 1 heterocycles.